The van der Waals surface area contributed by atoms with Gasteiger partial charge in [0.1, 0.15) is 0 Å². The van der Waals surface area contributed by atoms with Gasteiger partial charge in [-0.05, 0) is 32.6 Å². The molecule has 0 aromatic rings. The summed E-state index contributed by atoms with van der Waals surface area (Å²) in [5, 5.41) is 0. The van der Waals surface area contributed by atoms with Crippen molar-refractivity contribution in [3.8, 4) is 0 Å². The minimum absolute atomic E-state index is 0.0758. The highest BCUT2D eigenvalue weighted by Crippen LogP contribution is 2.44. The summed E-state index contributed by atoms with van der Waals surface area (Å²) < 4.78 is 25.8. The molecule has 5 heteroatoms. The summed E-state index contributed by atoms with van der Waals surface area (Å²) >= 11 is 0. The van der Waals surface area contributed by atoms with Crippen LogP contribution in [0.5, 0.6) is 0 Å². The summed E-state index contributed by atoms with van der Waals surface area (Å²) in [7, 11) is 0. The standard InChI is InChI=1S/C10H17F2NO2/c1-9(2,8(14)15-13)7-3-5-10(11,12)6-4-7/h7H,3-6,13H2,1-2H3. The summed E-state index contributed by atoms with van der Waals surface area (Å²) in [6, 6.07) is 0. The Hall–Kier alpha value is -0.710. The molecule has 2 N–H and O–H groups in total. The van der Waals surface area contributed by atoms with E-state index >= 15 is 0 Å². The van der Waals surface area contributed by atoms with E-state index in [4.69, 9.17) is 5.90 Å². The Labute approximate surface area is 87.9 Å². The van der Waals surface area contributed by atoms with E-state index in [1.165, 1.54) is 0 Å². The number of carbonyl (C=O) groups is 1. The summed E-state index contributed by atoms with van der Waals surface area (Å²) in [5.74, 6) is 1.64. The first-order chi connectivity index (χ1) is 6.79. The molecule has 0 heterocycles. The molecule has 0 radical (unpaired) electrons. The first-order valence-electron chi connectivity index (χ1n) is 5.08. The largest absolute Gasteiger partial charge is 0.373 e. The SMILES string of the molecule is CC(C)(C(=O)ON)C1CCC(F)(F)CC1. The second kappa shape index (κ2) is 4.04. The van der Waals surface area contributed by atoms with Crippen molar-refractivity contribution < 1.29 is 18.4 Å². The first-order valence-corrected chi connectivity index (χ1v) is 5.08. The van der Waals surface area contributed by atoms with Gasteiger partial charge in [0.2, 0.25) is 5.92 Å². The maximum Gasteiger partial charge on any atom is 0.330 e. The molecule has 1 aliphatic rings. The molecule has 3 nitrogen and oxygen atoms in total. The molecule has 0 aromatic carbocycles. The summed E-state index contributed by atoms with van der Waals surface area (Å²) in [4.78, 5) is 15.6. The lowest BCUT2D eigenvalue weighted by Gasteiger charge is -2.36. The number of hydrogen-bond acceptors (Lipinski definition) is 3. The number of carbonyl (C=O) groups excluding carboxylic acids is 1. The van der Waals surface area contributed by atoms with E-state index in [0.29, 0.717) is 12.8 Å². The summed E-state index contributed by atoms with van der Waals surface area (Å²) in [6.07, 6.45) is 0.377. The number of alkyl halides is 2. The molecule has 0 unspecified atom stereocenters. The molecule has 0 saturated heterocycles. The fourth-order valence-corrected chi connectivity index (χ4v) is 2.08. The first kappa shape index (κ1) is 12.4. The van der Waals surface area contributed by atoms with Crippen LogP contribution >= 0.6 is 0 Å². The zero-order valence-electron chi connectivity index (χ0n) is 9.06. The molecule has 0 aromatic heterocycles. The van der Waals surface area contributed by atoms with Gasteiger partial charge in [-0.1, -0.05) is 0 Å². The van der Waals surface area contributed by atoms with E-state index in [1.54, 1.807) is 13.8 Å². The van der Waals surface area contributed by atoms with Crippen molar-refractivity contribution in [2.24, 2.45) is 17.2 Å². The number of halogens is 2. The minimum Gasteiger partial charge on any atom is -0.373 e. The van der Waals surface area contributed by atoms with E-state index in [0.717, 1.165) is 0 Å². The van der Waals surface area contributed by atoms with Crippen molar-refractivity contribution >= 4 is 5.97 Å². The minimum atomic E-state index is -2.57. The summed E-state index contributed by atoms with van der Waals surface area (Å²) in [6.45, 7) is 3.38. The predicted octanol–water partition coefficient (Wildman–Crippen LogP) is 2.26. The van der Waals surface area contributed by atoms with Crippen LogP contribution in [0.4, 0.5) is 8.78 Å². The molecule has 0 atom stereocenters. The topological polar surface area (TPSA) is 52.3 Å². The van der Waals surface area contributed by atoms with Crippen molar-refractivity contribution in [3.05, 3.63) is 0 Å². The van der Waals surface area contributed by atoms with Crippen molar-refractivity contribution in [2.75, 3.05) is 0 Å². The lowest BCUT2D eigenvalue weighted by Crippen LogP contribution is -2.39. The van der Waals surface area contributed by atoms with Crippen molar-refractivity contribution in [2.45, 2.75) is 45.5 Å². The molecule has 1 aliphatic carbocycles. The fourth-order valence-electron chi connectivity index (χ4n) is 2.08. The second-order valence-corrected chi connectivity index (χ2v) is 4.76. The highest BCUT2D eigenvalue weighted by molar-refractivity contribution is 5.75. The number of rotatable bonds is 2. The Morgan fingerprint density at radius 3 is 2.27 bits per heavy atom. The third-order valence-electron chi connectivity index (χ3n) is 3.37. The highest BCUT2D eigenvalue weighted by Gasteiger charge is 2.44. The van der Waals surface area contributed by atoms with Gasteiger partial charge >= 0.3 is 5.97 Å². The third-order valence-corrected chi connectivity index (χ3v) is 3.37. The van der Waals surface area contributed by atoms with Crippen LogP contribution in [0, 0.1) is 11.3 Å². The van der Waals surface area contributed by atoms with Gasteiger partial charge in [0.15, 0.2) is 0 Å². The predicted molar refractivity (Wildman–Crippen MR) is 51.0 cm³/mol. The Balaban J connectivity index is 2.63. The zero-order chi connectivity index (χ0) is 11.7. The van der Waals surface area contributed by atoms with Gasteiger partial charge in [-0.25, -0.2) is 13.6 Å². The molecule has 1 saturated carbocycles. The highest BCUT2D eigenvalue weighted by atomic mass is 19.3. The van der Waals surface area contributed by atoms with E-state index in [9.17, 15) is 13.6 Å². The normalized spacial score (nSPS) is 22.5. The Morgan fingerprint density at radius 1 is 1.40 bits per heavy atom. The average molecular weight is 221 g/mol. The van der Waals surface area contributed by atoms with Crippen molar-refractivity contribution in [1.29, 1.82) is 0 Å². The second-order valence-electron chi connectivity index (χ2n) is 4.76. The van der Waals surface area contributed by atoms with E-state index < -0.39 is 17.3 Å². The molecule has 88 valence electrons. The van der Waals surface area contributed by atoms with Gasteiger partial charge in [0, 0.05) is 12.8 Å². The average Bonchev–Trinajstić information content (AvgIpc) is 2.15. The molecular weight excluding hydrogens is 204 g/mol. The summed E-state index contributed by atoms with van der Waals surface area (Å²) in [5.41, 5.74) is -0.773. The maximum absolute atomic E-state index is 12.9. The van der Waals surface area contributed by atoms with Crippen LogP contribution in [0.25, 0.3) is 0 Å². The van der Waals surface area contributed by atoms with Crippen LogP contribution in [0.15, 0.2) is 0 Å². The van der Waals surface area contributed by atoms with Gasteiger partial charge in [0.25, 0.3) is 0 Å². The fraction of sp³-hybridized carbons (Fsp3) is 0.900. The number of hydrogen-bond donors (Lipinski definition) is 1. The van der Waals surface area contributed by atoms with Crippen LogP contribution in [0.3, 0.4) is 0 Å². The lowest BCUT2D eigenvalue weighted by molar-refractivity contribution is -0.161. The van der Waals surface area contributed by atoms with E-state index in [1.807, 2.05) is 0 Å². The molecule has 1 rings (SSSR count). The molecular formula is C10H17F2NO2. The smallest absolute Gasteiger partial charge is 0.330 e. The monoisotopic (exact) mass is 221 g/mol. The van der Waals surface area contributed by atoms with Crippen LogP contribution in [0.1, 0.15) is 39.5 Å². The zero-order valence-corrected chi connectivity index (χ0v) is 9.06. The molecule has 1 fully saturated rings. The van der Waals surface area contributed by atoms with Gasteiger partial charge in [-0.3, -0.25) is 0 Å². The number of nitrogens with two attached hydrogens (primary N) is 1. The van der Waals surface area contributed by atoms with Crippen LogP contribution < -0.4 is 5.90 Å². The lowest BCUT2D eigenvalue weighted by atomic mass is 9.70. The molecule has 0 bridgehead atoms. The van der Waals surface area contributed by atoms with Crippen LogP contribution in [-0.2, 0) is 9.63 Å². The molecule has 0 spiro atoms. The van der Waals surface area contributed by atoms with E-state index in [-0.39, 0.29) is 18.8 Å². The molecule has 0 amide bonds. The van der Waals surface area contributed by atoms with Gasteiger partial charge in [-0.2, -0.15) is 5.90 Å². The molecule has 15 heavy (non-hydrogen) atoms. The van der Waals surface area contributed by atoms with Crippen LogP contribution in [-0.4, -0.2) is 11.9 Å². The quantitative estimate of drug-likeness (QED) is 0.727. The van der Waals surface area contributed by atoms with Crippen LogP contribution in [0.2, 0.25) is 0 Å². The van der Waals surface area contributed by atoms with E-state index in [2.05, 4.69) is 4.84 Å². The molecule has 0 aliphatic heterocycles. The Kier molecular flexibility index (Phi) is 3.33. The van der Waals surface area contributed by atoms with Crippen molar-refractivity contribution in [1.82, 2.24) is 0 Å². The van der Waals surface area contributed by atoms with Gasteiger partial charge < -0.3 is 4.84 Å². The third kappa shape index (κ3) is 2.65. The van der Waals surface area contributed by atoms with Crippen molar-refractivity contribution in [3.63, 3.8) is 0 Å². The van der Waals surface area contributed by atoms with Gasteiger partial charge in [0.05, 0.1) is 5.41 Å². The Bertz CT molecular complexity index is 244. The van der Waals surface area contributed by atoms with Gasteiger partial charge in [-0.15, -0.1) is 0 Å². The Morgan fingerprint density at radius 2 is 1.87 bits per heavy atom. The maximum atomic E-state index is 12.9.